The van der Waals surface area contributed by atoms with Crippen molar-refractivity contribution in [1.29, 1.82) is 0 Å². The lowest BCUT2D eigenvalue weighted by Gasteiger charge is -2.22. The van der Waals surface area contributed by atoms with Gasteiger partial charge in [0.05, 0.1) is 11.2 Å². The summed E-state index contributed by atoms with van der Waals surface area (Å²) in [5, 5.41) is 8.39. The highest BCUT2D eigenvalue weighted by Gasteiger charge is 2.49. The van der Waals surface area contributed by atoms with Gasteiger partial charge in [0.15, 0.2) is 0 Å². The number of hydrogen-bond acceptors (Lipinski definition) is 4. The summed E-state index contributed by atoms with van der Waals surface area (Å²) in [6.07, 6.45) is 1.70. The van der Waals surface area contributed by atoms with Gasteiger partial charge in [0, 0.05) is 11.6 Å². The molecular weight excluding hydrogens is 416 g/mol. The van der Waals surface area contributed by atoms with Gasteiger partial charge in [-0.25, -0.2) is 4.79 Å². The fourth-order valence-electron chi connectivity index (χ4n) is 4.29. The smallest absolute Gasteiger partial charge is 0.324 e. The molecule has 5 rings (SSSR count). The summed E-state index contributed by atoms with van der Waals surface area (Å²) in [6, 6.07) is 20.2. The van der Waals surface area contributed by atoms with Gasteiger partial charge in [0.25, 0.3) is 5.91 Å². The minimum absolute atomic E-state index is 0.385. The maximum atomic E-state index is 13.3. The maximum absolute atomic E-state index is 13.3. The van der Waals surface area contributed by atoms with E-state index in [1.54, 1.807) is 25.3 Å². The predicted octanol–water partition coefficient (Wildman–Crippen LogP) is 4.10. The summed E-state index contributed by atoms with van der Waals surface area (Å²) in [5.41, 5.74) is 1.77. The van der Waals surface area contributed by atoms with E-state index in [9.17, 15) is 14.4 Å². The number of carbonyl (C=O) groups is 3. The van der Waals surface area contributed by atoms with Crippen molar-refractivity contribution in [3.8, 4) is 0 Å². The Balaban J connectivity index is 1.38. The number of imide groups is 1. The third-order valence-electron chi connectivity index (χ3n) is 6.15. The number of urea groups is 1. The number of amides is 4. The van der Waals surface area contributed by atoms with Gasteiger partial charge >= 0.3 is 6.03 Å². The molecule has 4 aromatic rings. The van der Waals surface area contributed by atoms with Gasteiger partial charge in [0.1, 0.15) is 12.1 Å². The molecule has 1 atom stereocenters. The topological polar surface area (TPSA) is 91.4 Å². The number of aromatic nitrogens is 1. The third kappa shape index (κ3) is 3.47. The van der Waals surface area contributed by atoms with Crippen LogP contribution in [0.15, 0.2) is 72.9 Å². The standard InChI is InChI=1S/C26H22N4O3/c1-16-9-12-21(20-8-5-13-27-23(16)20)28-22(31)15-30-24(32)26(2,29-25(30)33)19-11-10-17-6-3-4-7-18(17)14-19/h3-14H,15H2,1-2H3,(H,28,31)(H,29,33). The lowest BCUT2D eigenvalue weighted by atomic mass is 9.90. The summed E-state index contributed by atoms with van der Waals surface area (Å²) in [4.78, 5) is 44.1. The molecule has 1 aliphatic heterocycles. The zero-order valence-electron chi connectivity index (χ0n) is 18.3. The first-order chi connectivity index (χ1) is 15.9. The number of anilines is 1. The quantitative estimate of drug-likeness (QED) is 0.469. The average Bonchev–Trinajstić information content (AvgIpc) is 3.04. The van der Waals surface area contributed by atoms with Gasteiger partial charge in [-0.3, -0.25) is 19.5 Å². The molecule has 1 fully saturated rings. The second-order valence-corrected chi connectivity index (χ2v) is 8.39. The monoisotopic (exact) mass is 438 g/mol. The first-order valence-corrected chi connectivity index (χ1v) is 10.6. The molecule has 0 saturated carbocycles. The third-order valence-corrected chi connectivity index (χ3v) is 6.15. The van der Waals surface area contributed by atoms with Crippen LogP contribution in [0, 0.1) is 6.92 Å². The number of fused-ring (bicyclic) bond motifs is 2. The van der Waals surface area contributed by atoms with E-state index in [0.717, 1.165) is 32.1 Å². The zero-order chi connectivity index (χ0) is 23.2. The Morgan fingerprint density at radius 3 is 2.64 bits per heavy atom. The molecule has 0 radical (unpaired) electrons. The van der Waals surface area contributed by atoms with Crippen LogP contribution in [0.2, 0.25) is 0 Å². The molecule has 1 aromatic heterocycles. The largest absolute Gasteiger partial charge is 0.325 e. The molecule has 7 nitrogen and oxygen atoms in total. The molecule has 7 heteroatoms. The van der Waals surface area contributed by atoms with E-state index in [0.29, 0.717) is 11.3 Å². The molecule has 2 heterocycles. The van der Waals surface area contributed by atoms with Gasteiger partial charge in [-0.15, -0.1) is 0 Å². The summed E-state index contributed by atoms with van der Waals surface area (Å²) < 4.78 is 0. The van der Waals surface area contributed by atoms with Gasteiger partial charge < -0.3 is 10.6 Å². The van der Waals surface area contributed by atoms with Crippen LogP contribution in [0.1, 0.15) is 18.1 Å². The van der Waals surface area contributed by atoms with Crippen molar-refractivity contribution >= 4 is 45.2 Å². The highest BCUT2D eigenvalue weighted by atomic mass is 16.2. The number of pyridine rings is 1. The van der Waals surface area contributed by atoms with Crippen molar-refractivity contribution in [2.75, 3.05) is 11.9 Å². The molecule has 4 amide bonds. The van der Waals surface area contributed by atoms with Crippen LogP contribution in [0.5, 0.6) is 0 Å². The van der Waals surface area contributed by atoms with E-state index in [4.69, 9.17) is 0 Å². The molecule has 0 aliphatic carbocycles. The van der Waals surface area contributed by atoms with Crippen molar-refractivity contribution in [2.24, 2.45) is 0 Å². The highest BCUT2D eigenvalue weighted by molar-refractivity contribution is 6.11. The van der Waals surface area contributed by atoms with Crippen molar-refractivity contribution in [1.82, 2.24) is 15.2 Å². The van der Waals surface area contributed by atoms with E-state index < -0.39 is 23.4 Å². The fraction of sp³-hybridized carbons (Fsp3) is 0.154. The first kappa shape index (κ1) is 20.6. The van der Waals surface area contributed by atoms with E-state index >= 15 is 0 Å². The molecule has 0 bridgehead atoms. The Morgan fingerprint density at radius 2 is 1.82 bits per heavy atom. The van der Waals surface area contributed by atoms with Crippen molar-refractivity contribution in [2.45, 2.75) is 19.4 Å². The van der Waals surface area contributed by atoms with E-state index in [1.165, 1.54) is 0 Å². The van der Waals surface area contributed by atoms with Crippen LogP contribution in [0.3, 0.4) is 0 Å². The minimum Gasteiger partial charge on any atom is -0.324 e. The molecule has 2 N–H and O–H groups in total. The van der Waals surface area contributed by atoms with Gasteiger partial charge in [-0.05, 0) is 60.0 Å². The lowest BCUT2D eigenvalue weighted by molar-refractivity contribution is -0.133. The summed E-state index contributed by atoms with van der Waals surface area (Å²) in [7, 11) is 0. The number of carbonyl (C=O) groups excluding carboxylic acids is 3. The molecule has 1 saturated heterocycles. The molecule has 3 aromatic carbocycles. The van der Waals surface area contributed by atoms with Gasteiger partial charge in [-0.2, -0.15) is 0 Å². The summed E-state index contributed by atoms with van der Waals surface area (Å²) in [5.74, 6) is -0.927. The minimum atomic E-state index is -1.25. The molecule has 1 unspecified atom stereocenters. The SMILES string of the molecule is Cc1ccc(NC(=O)CN2C(=O)NC(C)(c3ccc4ccccc4c3)C2=O)c2cccnc12. The van der Waals surface area contributed by atoms with E-state index in [1.807, 2.05) is 61.5 Å². The zero-order valence-corrected chi connectivity index (χ0v) is 18.3. The summed E-state index contributed by atoms with van der Waals surface area (Å²) >= 11 is 0. The van der Waals surface area contributed by atoms with Crippen LogP contribution in [0.25, 0.3) is 21.7 Å². The predicted molar refractivity (Wildman–Crippen MR) is 127 cm³/mol. The normalized spacial score (nSPS) is 18.1. The molecule has 1 aliphatic rings. The van der Waals surface area contributed by atoms with Crippen LogP contribution in [0.4, 0.5) is 10.5 Å². The Hall–Kier alpha value is -4.26. The fourth-order valence-corrected chi connectivity index (χ4v) is 4.29. The average molecular weight is 438 g/mol. The molecule has 164 valence electrons. The van der Waals surface area contributed by atoms with Gasteiger partial charge in [0.2, 0.25) is 5.91 Å². The number of rotatable bonds is 4. The van der Waals surface area contributed by atoms with Crippen molar-refractivity contribution < 1.29 is 14.4 Å². The number of nitrogens with zero attached hydrogens (tertiary/aromatic N) is 2. The van der Waals surface area contributed by atoms with Crippen LogP contribution >= 0.6 is 0 Å². The maximum Gasteiger partial charge on any atom is 0.325 e. The second-order valence-electron chi connectivity index (χ2n) is 8.39. The molecular formula is C26H22N4O3. The van der Waals surface area contributed by atoms with Crippen molar-refractivity contribution in [3.05, 3.63) is 84.1 Å². The Kier molecular flexibility index (Phi) is 4.82. The molecule has 0 spiro atoms. The second kappa shape index (κ2) is 7.70. The van der Waals surface area contributed by atoms with Crippen LogP contribution in [-0.4, -0.2) is 34.3 Å². The van der Waals surface area contributed by atoms with E-state index in [-0.39, 0.29) is 6.54 Å². The summed E-state index contributed by atoms with van der Waals surface area (Å²) in [6.45, 7) is 3.22. The Bertz CT molecular complexity index is 1450. The number of hydrogen-bond donors (Lipinski definition) is 2. The first-order valence-electron chi connectivity index (χ1n) is 10.6. The van der Waals surface area contributed by atoms with E-state index in [2.05, 4.69) is 15.6 Å². The van der Waals surface area contributed by atoms with Crippen LogP contribution < -0.4 is 10.6 Å². The highest BCUT2D eigenvalue weighted by Crippen LogP contribution is 2.31. The number of aryl methyl sites for hydroxylation is 1. The lowest BCUT2D eigenvalue weighted by Crippen LogP contribution is -2.42. The van der Waals surface area contributed by atoms with Crippen molar-refractivity contribution in [3.63, 3.8) is 0 Å². The Labute approximate surface area is 190 Å². The van der Waals surface area contributed by atoms with Gasteiger partial charge in [-0.1, -0.05) is 42.5 Å². The van der Waals surface area contributed by atoms with Crippen LogP contribution in [-0.2, 0) is 15.1 Å². The number of benzene rings is 3. The molecule has 33 heavy (non-hydrogen) atoms. The number of nitrogens with one attached hydrogen (secondary N) is 2. The Morgan fingerprint density at radius 1 is 1.03 bits per heavy atom.